The molecule has 136 valence electrons. The van der Waals surface area contributed by atoms with Crippen LogP contribution >= 0.6 is 35.6 Å². The van der Waals surface area contributed by atoms with Crippen LogP contribution in [0, 0.1) is 0 Å². The number of benzene rings is 1. The van der Waals surface area contributed by atoms with Crippen molar-refractivity contribution in [2.45, 2.75) is 19.9 Å². The van der Waals surface area contributed by atoms with Gasteiger partial charge >= 0.3 is 0 Å². The summed E-state index contributed by atoms with van der Waals surface area (Å²) in [6, 6.07) is 11.7. The van der Waals surface area contributed by atoms with Crippen LogP contribution in [0.4, 0.5) is 0 Å². The average Bonchev–Trinajstić information content (AvgIpc) is 2.61. The quantitative estimate of drug-likeness (QED) is 0.365. The lowest BCUT2D eigenvalue weighted by molar-refractivity contribution is 0.392. The van der Waals surface area contributed by atoms with Gasteiger partial charge in [0.1, 0.15) is 0 Å². The molecule has 2 N–H and O–H groups in total. The minimum Gasteiger partial charge on any atom is -0.481 e. The lowest BCUT2D eigenvalue weighted by Crippen LogP contribution is -2.38. The molecule has 7 heteroatoms. The first-order valence-corrected chi connectivity index (χ1v) is 8.35. The van der Waals surface area contributed by atoms with E-state index in [0.29, 0.717) is 12.4 Å². The zero-order valence-electron chi connectivity index (χ0n) is 14.5. The Kier molecular flexibility index (Phi) is 10.3. The zero-order chi connectivity index (χ0) is 17.2. The molecule has 2 rings (SSSR count). The van der Waals surface area contributed by atoms with E-state index in [1.54, 1.807) is 13.3 Å². The van der Waals surface area contributed by atoms with Gasteiger partial charge in [0.2, 0.25) is 5.88 Å². The van der Waals surface area contributed by atoms with Crippen molar-refractivity contribution >= 4 is 41.5 Å². The van der Waals surface area contributed by atoms with E-state index in [4.69, 9.17) is 16.3 Å². The Morgan fingerprint density at radius 2 is 1.96 bits per heavy atom. The number of nitrogens with zero attached hydrogens (tertiary/aromatic N) is 2. The SMILES string of the molecule is CCNC(=NCc1cccnc1OC)NCCc1ccc(Cl)cc1.I. The molecule has 0 fully saturated rings. The molecular weight excluding hydrogens is 451 g/mol. The first kappa shape index (κ1) is 21.5. The summed E-state index contributed by atoms with van der Waals surface area (Å²) >= 11 is 5.90. The van der Waals surface area contributed by atoms with Gasteiger partial charge in [0.15, 0.2) is 5.96 Å². The van der Waals surface area contributed by atoms with Crippen molar-refractivity contribution in [2.24, 2.45) is 4.99 Å². The lowest BCUT2D eigenvalue weighted by Gasteiger charge is -2.12. The molecule has 0 aliphatic rings. The third-order valence-corrected chi connectivity index (χ3v) is 3.67. The molecule has 1 heterocycles. The standard InChI is InChI=1S/C18H23ClN4O.HI/c1-3-20-18(22-12-10-14-6-8-16(19)9-7-14)23-13-15-5-4-11-21-17(15)24-2;/h4-9,11H,3,10,12-13H2,1-2H3,(H2,20,22,23);1H. The minimum atomic E-state index is 0. The minimum absolute atomic E-state index is 0. The highest BCUT2D eigenvalue weighted by atomic mass is 127. The average molecular weight is 475 g/mol. The second kappa shape index (κ2) is 11.9. The van der Waals surface area contributed by atoms with Gasteiger partial charge in [-0.1, -0.05) is 29.8 Å². The zero-order valence-corrected chi connectivity index (χ0v) is 17.5. The Hall–Kier alpha value is -1.54. The predicted molar refractivity (Wildman–Crippen MR) is 114 cm³/mol. The van der Waals surface area contributed by atoms with Gasteiger partial charge in [-0.15, -0.1) is 24.0 Å². The molecule has 0 spiro atoms. The molecule has 0 aliphatic heterocycles. The van der Waals surface area contributed by atoms with Gasteiger partial charge in [-0.3, -0.25) is 0 Å². The molecule has 0 bridgehead atoms. The van der Waals surface area contributed by atoms with Crippen molar-refractivity contribution in [1.29, 1.82) is 0 Å². The molecule has 1 aromatic carbocycles. The smallest absolute Gasteiger partial charge is 0.218 e. The highest BCUT2D eigenvalue weighted by Gasteiger charge is 2.03. The molecule has 0 atom stereocenters. The van der Waals surface area contributed by atoms with E-state index in [1.165, 1.54) is 5.56 Å². The van der Waals surface area contributed by atoms with Crippen molar-refractivity contribution in [3.63, 3.8) is 0 Å². The van der Waals surface area contributed by atoms with Crippen LogP contribution in [0.1, 0.15) is 18.1 Å². The third-order valence-electron chi connectivity index (χ3n) is 3.41. The molecule has 5 nitrogen and oxygen atoms in total. The van der Waals surface area contributed by atoms with Crippen molar-refractivity contribution in [3.8, 4) is 5.88 Å². The summed E-state index contributed by atoms with van der Waals surface area (Å²) in [5, 5.41) is 7.33. The summed E-state index contributed by atoms with van der Waals surface area (Å²) in [6.07, 6.45) is 2.61. The molecule has 0 radical (unpaired) electrons. The van der Waals surface area contributed by atoms with Crippen molar-refractivity contribution in [2.75, 3.05) is 20.2 Å². The Balaban J connectivity index is 0.00000312. The fourth-order valence-corrected chi connectivity index (χ4v) is 2.34. The number of aliphatic imine (C=N–C) groups is 1. The number of guanidine groups is 1. The molecule has 0 unspecified atom stereocenters. The lowest BCUT2D eigenvalue weighted by atomic mass is 10.1. The summed E-state index contributed by atoms with van der Waals surface area (Å²) < 4.78 is 5.25. The number of aromatic nitrogens is 1. The second-order valence-electron chi connectivity index (χ2n) is 5.17. The van der Waals surface area contributed by atoms with Gasteiger partial charge < -0.3 is 15.4 Å². The van der Waals surface area contributed by atoms with Crippen LogP contribution in [-0.2, 0) is 13.0 Å². The van der Waals surface area contributed by atoms with Crippen LogP contribution in [0.25, 0.3) is 0 Å². The third kappa shape index (κ3) is 7.48. The van der Waals surface area contributed by atoms with E-state index < -0.39 is 0 Å². The van der Waals surface area contributed by atoms with Gasteiger partial charge in [-0.05, 0) is 37.1 Å². The Labute approximate surface area is 171 Å². The van der Waals surface area contributed by atoms with E-state index >= 15 is 0 Å². The van der Waals surface area contributed by atoms with E-state index in [2.05, 4.69) is 20.6 Å². The van der Waals surface area contributed by atoms with E-state index in [9.17, 15) is 0 Å². The van der Waals surface area contributed by atoms with Crippen LogP contribution in [0.2, 0.25) is 5.02 Å². The number of halogens is 2. The van der Waals surface area contributed by atoms with Crippen molar-refractivity contribution in [3.05, 3.63) is 58.7 Å². The normalized spacial score (nSPS) is 10.8. The fraction of sp³-hybridized carbons (Fsp3) is 0.333. The topological polar surface area (TPSA) is 58.5 Å². The van der Waals surface area contributed by atoms with Gasteiger partial charge in [-0.2, -0.15) is 0 Å². The van der Waals surface area contributed by atoms with Gasteiger partial charge in [-0.25, -0.2) is 9.98 Å². The van der Waals surface area contributed by atoms with E-state index in [-0.39, 0.29) is 24.0 Å². The number of ether oxygens (including phenoxy) is 1. The number of methoxy groups -OCH3 is 1. The maximum Gasteiger partial charge on any atom is 0.218 e. The highest BCUT2D eigenvalue weighted by Crippen LogP contribution is 2.14. The van der Waals surface area contributed by atoms with Crippen LogP contribution < -0.4 is 15.4 Å². The van der Waals surface area contributed by atoms with Crippen molar-refractivity contribution in [1.82, 2.24) is 15.6 Å². The maximum absolute atomic E-state index is 5.90. The van der Waals surface area contributed by atoms with Gasteiger partial charge in [0.25, 0.3) is 0 Å². The Morgan fingerprint density at radius 3 is 2.64 bits per heavy atom. The molecule has 0 aliphatic carbocycles. The van der Waals surface area contributed by atoms with Gasteiger partial charge in [0.05, 0.1) is 13.7 Å². The van der Waals surface area contributed by atoms with Crippen LogP contribution in [0.3, 0.4) is 0 Å². The number of pyridine rings is 1. The molecule has 2 aromatic rings. The maximum atomic E-state index is 5.90. The van der Waals surface area contributed by atoms with Crippen LogP contribution in [0.15, 0.2) is 47.6 Å². The molecular formula is C18H24ClIN4O. The summed E-state index contributed by atoms with van der Waals surface area (Å²) in [7, 11) is 1.62. The monoisotopic (exact) mass is 474 g/mol. The summed E-state index contributed by atoms with van der Waals surface area (Å²) in [6.45, 7) is 4.14. The highest BCUT2D eigenvalue weighted by molar-refractivity contribution is 14.0. The number of rotatable bonds is 7. The molecule has 0 amide bonds. The second-order valence-corrected chi connectivity index (χ2v) is 5.61. The number of nitrogens with one attached hydrogen (secondary N) is 2. The van der Waals surface area contributed by atoms with Crippen LogP contribution in [-0.4, -0.2) is 31.1 Å². The molecule has 0 saturated heterocycles. The fourth-order valence-electron chi connectivity index (χ4n) is 2.21. The molecule has 25 heavy (non-hydrogen) atoms. The predicted octanol–water partition coefficient (Wildman–Crippen LogP) is 3.66. The summed E-state index contributed by atoms with van der Waals surface area (Å²) in [4.78, 5) is 8.78. The van der Waals surface area contributed by atoms with Crippen LogP contribution in [0.5, 0.6) is 5.88 Å². The first-order chi connectivity index (χ1) is 11.7. The molecule has 1 aromatic heterocycles. The number of hydrogen-bond acceptors (Lipinski definition) is 3. The molecule has 0 saturated carbocycles. The largest absolute Gasteiger partial charge is 0.481 e. The van der Waals surface area contributed by atoms with Gasteiger partial charge in [0, 0.05) is 29.9 Å². The summed E-state index contributed by atoms with van der Waals surface area (Å²) in [5.41, 5.74) is 2.19. The van der Waals surface area contributed by atoms with Crippen molar-refractivity contribution < 1.29 is 4.74 Å². The summed E-state index contributed by atoms with van der Waals surface area (Å²) in [5.74, 6) is 1.38. The number of hydrogen-bond donors (Lipinski definition) is 2. The van der Waals surface area contributed by atoms with E-state index in [0.717, 1.165) is 36.1 Å². The first-order valence-electron chi connectivity index (χ1n) is 7.97. The van der Waals surface area contributed by atoms with E-state index in [1.807, 2.05) is 43.3 Å². The Morgan fingerprint density at radius 1 is 1.20 bits per heavy atom. The Bertz CT molecular complexity index is 664.